The number of nitrogens with zero attached hydrogens (tertiary/aromatic N) is 3. The van der Waals surface area contributed by atoms with Gasteiger partial charge < -0.3 is 0 Å². The first-order valence-corrected chi connectivity index (χ1v) is 4.02. The van der Waals surface area contributed by atoms with Crippen LogP contribution in [0.1, 0.15) is 11.3 Å². The minimum Gasteiger partial charge on any atom is -0.295 e. The lowest BCUT2D eigenvalue weighted by Crippen LogP contribution is -2.19. The summed E-state index contributed by atoms with van der Waals surface area (Å²) in [5, 5.41) is 10.9. The van der Waals surface area contributed by atoms with Crippen LogP contribution in [-0.2, 0) is 6.18 Å². The van der Waals surface area contributed by atoms with Crippen LogP contribution in [0.15, 0.2) is 17.1 Å². The molecule has 0 aliphatic carbocycles. The summed E-state index contributed by atoms with van der Waals surface area (Å²) in [6.07, 6.45) is -3.60. The Labute approximate surface area is 85.7 Å². The lowest BCUT2D eigenvalue weighted by molar-refractivity contribution is -0.141. The van der Waals surface area contributed by atoms with E-state index in [0.29, 0.717) is 6.07 Å². The van der Waals surface area contributed by atoms with Crippen LogP contribution < -0.4 is 5.56 Å². The molecule has 0 radical (unpaired) electrons. The fourth-order valence-electron chi connectivity index (χ4n) is 1.21. The zero-order valence-corrected chi connectivity index (χ0v) is 7.54. The molecule has 0 saturated heterocycles. The van der Waals surface area contributed by atoms with E-state index in [0.717, 1.165) is 10.7 Å². The van der Waals surface area contributed by atoms with Crippen molar-refractivity contribution in [3.8, 4) is 6.07 Å². The van der Waals surface area contributed by atoms with Crippen molar-refractivity contribution in [1.82, 2.24) is 14.6 Å². The molecule has 5 nitrogen and oxygen atoms in total. The number of hydrogen-bond donors (Lipinski definition) is 1. The molecule has 82 valence electrons. The molecule has 16 heavy (non-hydrogen) atoms. The van der Waals surface area contributed by atoms with Gasteiger partial charge in [0, 0.05) is 12.3 Å². The Balaban J connectivity index is 2.85. The highest BCUT2D eigenvalue weighted by atomic mass is 19.4. The molecule has 1 N–H and O–H groups in total. The van der Waals surface area contributed by atoms with Gasteiger partial charge in [0.1, 0.15) is 11.6 Å². The average molecular weight is 228 g/mol. The van der Waals surface area contributed by atoms with E-state index in [2.05, 4.69) is 10.1 Å². The number of nitrogens with one attached hydrogen (secondary N) is 1. The molecule has 0 bridgehead atoms. The standard InChI is InChI=1S/C8H3F3N4O/c9-8(10,11)5-1-6(16)15-7(14-5)4(2-12)3-13-15/h1,3,13H. The summed E-state index contributed by atoms with van der Waals surface area (Å²) in [5.74, 6) is 0. The third-order valence-electron chi connectivity index (χ3n) is 1.91. The summed E-state index contributed by atoms with van der Waals surface area (Å²) >= 11 is 0. The maximum absolute atomic E-state index is 12.3. The predicted octanol–water partition coefficient (Wildman–Crippen LogP) is 0.913. The van der Waals surface area contributed by atoms with Crippen LogP contribution in [0.25, 0.3) is 5.65 Å². The second-order valence-electron chi connectivity index (χ2n) is 2.94. The smallest absolute Gasteiger partial charge is 0.295 e. The van der Waals surface area contributed by atoms with Gasteiger partial charge in [0.2, 0.25) is 0 Å². The zero-order chi connectivity index (χ0) is 11.9. The van der Waals surface area contributed by atoms with E-state index in [9.17, 15) is 18.0 Å². The second-order valence-corrected chi connectivity index (χ2v) is 2.94. The van der Waals surface area contributed by atoms with E-state index < -0.39 is 17.4 Å². The van der Waals surface area contributed by atoms with Gasteiger partial charge in [-0.2, -0.15) is 18.4 Å². The van der Waals surface area contributed by atoms with Crippen molar-refractivity contribution in [3.05, 3.63) is 33.9 Å². The first kappa shape index (κ1) is 10.2. The molecule has 0 amide bonds. The van der Waals surface area contributed by atoms with Gasteiger partial charge in [-0.1, -0.05) is 0 Å². The highest BCUT2D eigenvalue weighted by Gasteiger charge is 2.33. The van der Waals surface area contributed by atoms with Gasteiger partial charge in [-0.3, -0.25) is 9.89 Å². The lowest BCUT2D eigenvalue weighted by atomic mass is 10.3. The molecule has 2 heterocycles. The van der Waals surface area contributed by atoms with Gasteiger partial charge in [0.15, 0.2) is 11.3 Å². The van der Waals surface area contributed by atoms with Crippen molar-refractivity contribution >= 4 is 5.65 Å². The molecule has 0 saturated carbocycles. The topological polar surface area (TPSA) is 73.9 Å². The fourth-order valence-corrected chi connectivity index (χ4v) is 1.21. The van der Waals surface area contributed by atoms with E-state index in [1.165, 1.54) is 0 Å². The molecule has 0 spiro atoms. The third kappa shape index (κ3) is 1.42. The molecule has 2 aromatic heterocycles. The number of halogens is 3. The van der Waals surface area contributed by atoms with Crippen molar-refractivity contribution in [2.75, 3.05) is 0 Å². The first-order chi connectivity index (χ1) is 7.43. The van der Waals surface area contributed by atoms with Gasteiger partial charge in [-0.25, -0.2) is 9.50 Å². The molecule has 8 heteroatoms. The van der Waals surface area contributed by atoms with Crippen molar-refractivity contribution < 1.29 is 13.2 Å². The van der Waals surface area contributed by atoms with Crippen molar-refractivity contribution in [3.63, 3.8) is 0 Å². The Bertz CT molecular complexity index is 646. The largest absolute Gasteiger partial charge is 0.433 e. The van der Waals surface area contributed by atoms with Crippen LogP contribution in [-0.4, -0.2) is 14.6 Å². The Hall–Kier alpha value is -2.30. The quantitative estimate of drug-likeness (QED) is 0.728. The number of hydrogen-bond acceptors (Lipinski definition) is 3. The number of nitriles is 1. The Morgan fingerprint density at radius 1 is 1.50 bits per heavy atom. The predicted molar refractivity (Wildman–Crippen MR) is 45.5 cm³/mol. The van der Waals surface area contributed by atoms with Gasteiger partial charge in [-0.15, -0.1) is 0 Å². The van der Waals surface area contributed by atoms with Crippen LogP contribution in [0.5, 0.6) is 0 Å². The highest BCUT2D eigenvalue weighted by molar-refractivity contribution is 5.53. The first-order valence-electron chi connectivity index (χ1n) is 4.02. The number of H-pyrrole nitrogens is 1. The summed E-state index contributed by atoms with van der Waals surface area (Å²) in [6.45, 7) is 0. The Morgan fingerprint density at radius 3 is 2.75 bits per heavy atom. The minimum absolute atomic E-state index is 0.122. The highest BCUT2D eigenvalue weighted by Crippen LogP contribution is 2.26. The Morgan fingerprint density at radius 2 is 2.19 bits per heavy atom. The number of rotatable bonds is 0. The summed E-state index contributed by atoms with van der Waals surface area (Å²) < 4.78 is 37.8. The Kier molecular flexibility index (Phi) is 1.98. The van der Waals surface area contributed by atoms with Crippen molar-refractivity contribution in [1.29, 1.82) is 5.26 Å². The molecule has 2 rings (SSSR count). The van der Waals surface area contributed by atoms with Crippen molar-refractivity contribution in [2.24, 2.45) is 0 Å². The molecular weight excluding hydrogens is 225 g/mol. The zero-order valence-electron chi connectivity index (χ0n) is 7.54. The summed E-state index contributed by atoms with van der Waals surface area (Å²) in [7, 11) is 0. The molecular formula is C8H3F3N4O. The van der Waals surface area contributed by atoms with Crippen LogP contribution in [0.4, 0.5) is 13.2 Å². The van der Waals surface area contributed by atoms with E-state index >= 15 is 0 Å². The fraction of sp³-hybridized carbons (Fsp3) is 0.125. The van der Waals surface area contributed by atoms with Gasteiger partial charge in [0.25, 0.3) is 5.56 Å². The number of aromatic nitrogens is 3. The second kappa shape index (κ2) is 3.10. The molecule has 0 aliphatic heterocycles. The van der Waals surface area contributed by atoms with E-state index in [4.69, 9.17) is 5.26 Å². The molecule has 0 atom stereocenters. The maximum Gasteiger partial charge on any atom is 0.433 e. The lowest BCUT2D eigenvalue weighted by Gasteiger charge is -2.04. The molecule has 0 fully saturated rings. The number of aromatic amines is 1. The summed E-state index contributed by atoms with van der Waals surface area (Å²) in [4.78, 5) is 14.5. The van der Waals surface area contributed by atoms with E-state index in [1.807, 2.05) is 0 Å². The summed E-state index contributed by atoms with van der Waals surface area (Å²) in [6, 6.07) is 2.00. The number of alkyl halides is 3. The summed E-state index contributed by atoms with van der Waals surface area (Å²) in [5.41, 5.74) is -2.68. The normalized spacial score (nSPS) is 11.6. The van der Waals surface area contributed by atoms with Gasteiger partial charge in [-0.05, 0) is 0 Å². The monoisotopic (exact) mass is 228 g/mol. The van der Waals surface area contributed by atoms with Crippen molar-refractivity contribution in [2.45, 2.75) is 6.18 Å². The van der Waals surface area contributed by atoms with Crippen LogP contribution in [0, 0.1) is 11.3 Å². The molecule has 0 unspecified atom stereocenters. The third-order valence-corrected chi connectivity index (χ3v) is 1.91. The SMILES string of the molecule is N#Cc1c[nH]n2c(=O)cc(C(F)(F)F)nc12. The van der Waals surface area contributed by atoms with Crippen LogP contribution in [0.2, 0.25) is 0 Å². The molecule has 0 aliphatic rings. The average Bonchev–Trinajstić information content (AvgIpc) is 2.59. The minimum atomic E-state index is -4.71. The van der Waals surface area contributed by atoms with E-state index in [1.54, 1.807) is 6.07 Å². The van der Waals surface area contributed by atoms with Crippen LogP contribution >= 0.6 is 0 Å². The van der Waals surface area contributed by atoms with E-state index in [-0.39, 0.29) is 11.2 Å². The van der Waals surface area contributed by atoms with Crippen LogP contribution in [0.3, 0.4) is 0 Å². The number of fused-ring (bicyclic) bond motifs is 1. The maximum atomic E-state index is 12.3. The van der Waals surface area contributed by atoms with Gasteiger partial charge in [0.05, 0.1) is 0 Å². The molecule has 2 aromatic rings. The van der Waals surface area contributed by atoms with Gasteiger partial charge >= 0.3 is 6.18 Å². The molecule has 0 aromatic carbocycles.